The first kappa shape index (κ1) is 22.7. The minimum absolute atomic E-state index is 0.228. The molecule has 1 fully saturated rings. The molecule has 0 unspecified atom stereocenters. The molecule has 1 heterocycles. The summed E-state index contributed by atoms with van der Waals surface area (Å²) in [6.45, 7) is 4.81. The van der Waals surface area contributed by atoms with Gasteiger partial charge in [-0.05, 0) is 61.4 Å². The number of rotatable bonds is 8. The maximum Gasteiger partial charge on any atom is 0.263 e. The second kappa shape index (κ2) is 10.4. The quantitative estimate of drug-likeness (QED) is 0.297. The molecule has 1 aliphatic heterocycles. The largest absolute Gasteiger partial charge is 0.490 e. The number of nitrogens with one attached hydrogen (secondary N) is 1. The molecule has 2 aromatic rings. The van der Waals surface area contributed by atoms with E-state index in [2.05, 4.69) is 5.32 Å². The van der Waals surface area contributed by atoms with Gasteiger partial charge in [-0.2, -0.15) is 0 Å². The highest BCUT2D eigenvalue weighted by Gasteiger charge is 2.22. The average molecular weight is 484 g/mol. The second-order valence-corrected chi connectivity index (χ2v) is 8.76. The van der Waals surface area contributed by atoms with Gasteiger partial charge in [-0.3, -0.25) is 4.79 Å². The number of thioether (sulfide) groups is 1. The Bertz CT molecular complexity index is 1010. The Morgan fingerprint density at radius 3 is 2.53 bits per heavy atom. The number of hydrogen-bond acceptors (Lipinski definition) is 6. The number of hydrogen-bond donors (Lipinski definition) is 1. The molecule has 0 radical (unpaired) electrons. The minimum atomic E-state index is -0.228. The number of benzene rings is 2. The predicted octanol–water partition coefficient (Wildman–Crippen LogP) is 5.65. The zero-order chi connectivity index (χ0) is 21.7. The van der Waals surface area contributed by atoms with Crippen LogP contribution in [0.2, 0.25) is 10.0 Å². The average Bonchev–Trinajstić information content (AvgIpc) is 3.00. The van der Waals surface area contributed by atoms with Crippen molar-refractivity contribution in [2.45, 2.75) is 13.8 Å². The van der Waals surface area contributed by atoms with E-state index in [-0.39, 0.29) is 12.5 Å². The molecule has 2 aromatic carbocycles. The second-order valence-electron chi connectivity index (χ2n) is 6.22. The van der Waals surface area contributed by atoms with Crippen LogP contribution in [0.4, 0.5) is 0 Å². The molecule has 1 aliphatic rings. The molecular weight excluding hydrogens is 465 g/mol. The van der Waals surface area contributed by atoms with Gasteiger partial charge in [0.2, 0.25) is 0 Å². The van der Waals surface area contributed by atoms with Crippen LogP contribution in [0.1, 0.15) is 18.1 Å². The lowest BCUT2D eigenvalue weighted by molar-refractivity contribution is -0.115. The Morgan fingerprint density at radius 1 is 1.10 bits per heavy atom. The van der Waals surface area contributed by atoms with Crippen molar-refractivity contribution in [1.82, 2.24) is 5.32 Å². The summed E-state index contributed by atoms with van der Waals surface area (Å²) in [5, 5.41) is 3.65. The molecule has 5 nitrogen and oxygen atoms in total. The van der Waals surface area contributed by atoms with Gasteiger partial charge < -0.3 is 19.5 Å². The van der Waals surface area contributed by atoms with Gasteiger partial charge in [0.15, 0.2) is 11.5 Å². The van der Waals surface area contributed by atoms with Crippen LogP contribution in [0, 0.1) is 6.92 Å². The van der Waals surface area contributed by atoms with Crippen molar-refractivity contribution in [3.8, 4) is 17.2 Å². The summed E-state index contributed by atoms with van der Waals surface area (Å²) in [5.74, 6) is 1.40. The van der Waals surface area contributed by atoms with Gasteiger partial charge in [0, 0.05) is 5.02 Å². The summed E-state index contributed by atoms with van der Waals surface area (Å²) in [7, 11) is 0. The van der Waals surface area contributed by atoms with E-state index in [4.69, 9.17) is 49.6 Å². The lowest BCUT2D eigenvalue weighted by Gasteiger charge is -2.15. The normalized spacial score (nSPS) is 14.7. The van der Waals surface area contributed by atoms with Crippen LogP contribution in [0.5, 0.6) is 17.2 Å². The maximum absolute atomic E-state index is 11.9. The standard InChI is InChI=1S/C21H19Cl2NO4S2/c1-3-26-17-10-13(11-18-20(25)24-21(29)30-18)9-16(23)19(17)28-7-6-27-14-4-5-15(22)12(2)8-14/h4-5,8-11H,3,6-7H2,1-2H3,(H,24,25,29). The predicted molar refractivity (Wildman–Crippen MR) is 126 cm³/mol. The molecule has 1 saturated heterocycles. The molecule has 30 heavy (non-hydrogen) atoms. The highest BCUT2D eigenvalue weighted by Crippen LogP contribution is 2.38. The van der Waals surface area contributed by atoms with E-state index in [9.17, 15) is 4.79 Å². The highest BCUT2D eigenvalue weighted by molar-refractivity contribution is 8.26. The van der Waals surface area contributed by atoms with Crippen molar-refractivity contribution in [2.75, 3.05) is 19.8 Å². The van der Waals surface area contributed by atoms with Crippen molar-refractivity contribution in [3.63, 3.8) is 0 Å². The van der Waals surface area contributed by atoms with Gasteiger partial charge in [0.05, 0.1) is 16.5 Å². The van der Waals surface area contributed by atoms with Crippen LogP contribution in [0.25, 0.3) is 6.08 Å². The fraction of sp³-hybridized carbons (Fsp3) is 0.238. The SMILES string of the molecule is CCOc1cc(C=C2SC(=S)NC2=O)cc(Cl)c1OCCOc1ccc(Cl)c(C)c1. The first-order chi connectivity index (χ1) is 14.4. The Kier molecular flexibility index (Phi) is 7.88. The number of carbonyl (C=O) groups excluding carboxylic acids is 1. The van der Waals surface area contributed by atoms with Crippen molar-refractivity contribution in [3.05, 3.63) is 56.4 Å². The van der Waals surface area contributed by atoms with E-state index < -0.39 is 0 Å². The minimum Gasteiger partial charge on any atom is -0.490 e. The van der Waals surface area contributed by atoms with Crippen LogP contribution in [0.3, 0.4) is 0 Å². The number of halogens is 2. The summed E-state index contributed by atoms with van der Waals surface area (Å²) in [5.41, 5.74) is 1.65. The highest BCUT2D eigenvalue weighted by atomic mass is 35.5. The molecule has 0 atom stereocenters. The maximum atomic E-state index is 11.9. The smallest absolute Gasteiger partial charge is 0.263 e. The number of amides is 1. The van der Waals surface area contributed by atoms with E-state index in [1.165, 1.54) is 11.8 Å². The summed E-state index contributed by atoms with van der Waals surface area (Å²) < 4.78 is 17.6. The number of ether oxygens (including phenoxy) is 3. The van der Waals surface area contributed by atoms with Gasteiger partial charge in [0.1, 0.15) is 23.3 Å². The van der Waals surface area contributed by atoms with E-state index in [1.807, 2.05) is 19.9 Å². The van der Waals surface area contributed by atoms with Crippen LogP contribution in [-0.2, 0) is 4.79 Å². The molecule has 1 amide bonds. The van der Waals surface area contributed by atoms with Crippen LogP contribution < -0.4 is 19.5 Å². The molecule has 0 saturated carbocycles. The molecule has 0 aromatic heterocycles. The van der Waals surface area contributed by atoms with Gasteiger partial charge in [-0.15, -0.1) is 0 Å². The van der Waals surface area contributed by atoms with Crippen LogP contribution in [0.15, 0.2) is 35.2 Å². The topological polar surface area (TPSA) is 56.8 Å². The fourth-order valence-corrected chi connectivity index (χ4v) is 4.09. The number of aryl methyl sites for hydroxylation is 1. The van der Waals surface area contributed by atoms with Crippen LogP contribution >= 0.6 is 47.2 Å². The zero-order valence-electron chi connectivity index (χ0n) is 16.3. The molecule has 0 spiro atoms. The molecular formula is C21H19Cl2NO4S2. The van der Waals surface area contributed by atoms with Crippen molar-refractivity contribution in [2.24, 2.45) is 0 Å². The molecule has 1 N–H and O–H groups in total. The van der Waals surface area contributed by atoms with E-state index in [0.29, 0.717) is 55.3 Å². The van der Waals surface area contributed by atoms with Gasteiger partial charge in [0.25, 0.3) is 5.91 Å². The van der Waals surface area contributed by atoms with Gasteiger partial charge in [-0.1, -0.05) is 47.2 Å². The molecule has 9 heteroatoms. The van der Waals surface area contributed by atoms with Crippen molar-refractivity contribution >= 4 is 63.5 Å². The summed E-state index contributed by atoms with van der Waals surface area (Å²) in [6, 6.07) is 8.95. The summed E-state index contributed by atoms with van der Waals surface area (Å²) in [6.07, 6.45) is 1.71. The Labute approximate surface area is 194 Å². The number of carbonyl (C=O) groups is 1. The third-order valence-electron chi connectivity index (χ3n) is 4.00. The van der Waals surface area contributed by atoms with Gasteiger partial charge in [-0.25, -0.2) is 0 Å². The van der Waals surface area contributed by atoms with Crippen molar-refractivity contribution < 1.29 is 19.0 Å². The fourth-order valence-electron chi connectivity index (χ4n) is 2.66. The molecule has 158 valence electrons. The van der Waals surface area contributed by atoms with E-state index in [1.54, 1.807) is 30.3 Å². The van der Waals surface area contributed by atoms with E-state index >= 15 is 0 Å². The molecule has 0 aliphatic carbocycles. The van der Waals surface area contributed by atoms with Crippen LogP contribution in [-0.4, -0.2) is 30.0 Å². The summed E-state index contributed by atoms with van der Waals surface area (Å²) >= 11 is 18.7. The molecule has 3 rings (SSSR count). The third-order valence-corrected chi connectivity index (χ3v) is 5.87. The summed E-state index contributed by atoms with van der Waals surface area (Å²) in [4.78, 5) is 12.4. The zero-order valence-corrected chi connectivity index (χ0v) is 19.4. The Hall–Kier alpha value is -1.93. The monoisotopic (exact) mass is 483 g/mol. The van der Waals surface area contributed by atoms with Crippen molar-refractivity contribution in [1.29, 1.82) is 0 Å². The first-order valence-corrected chi connectivity index (χ1v) is 11.1. The molecule has 0 bridgehead atoms. The third kappa shape index (κ3) is 5.82. The van der Waals surface area contributed by atoms with Gasteiger partial charge >= 0.3 is 0 Å². The Balaban J connectivity index is 1.69. The number of thiocarbonyl (C=S) groups is 1. The van der Waals surface area contributed by atoms with E-state index in [0.717, 1.165) is 5.56 Å². The lowest BCUT2D eigenvalue weighted by Crippen LogP contribution is -2.17. The first-order valence-electron chi connectivity index (χ1n) is 9.10. The Morgan fingerprint density at radius 2 is 1.87 bits per heavy atom. The lowest BCUT2D eigenvalue weighted by atomic mass is 10.2.